The molecule has 1 unspecified atom stereocenters. The van der Waals surface area contributed by atoms with Gasteiger partial charge in [-0.2, -0.15) is 0 Å². The molecule has 1 saturated heterocycles. The first kappa shape index (κ1) is 19.3. The van der Waals surface area contributed by atoms with Crippen molar-refractivity contribution in [3.8, 4) is 11.6 Å². The third kappa shape index (κ3) is 5.77. The van der Waals surface area contributed by atoms with Crippen LogP contribution in [0, 0.1) is 5.92 Å². The maximum absolute atomic E-state index is 12.7. The summed E-state index contributed by atoms with van der Waals surface area (Å²) in [4.78, 5) is 19.3. The summed E-state index contributed by atoms with van der Waals surface area (Å²) < 4.78 is 11.6. The van der Waals surface area contributed by atoms with Crippen LogP contribution in [0.3, 0.4) is 0 Å². The van der Waals surface area contributed by atoms with Crippen LogP contribution in [0.15, 0.2) is 48.7 Å². The molecule has 144 valence electrons. The number of hydrogen-bond acceptors (Lipinski definition) is 5. The number of morpholine rings is 1. The lowest BCUT2D eigenvalue weighted by molar-refractivity contribution is -0.0295. The van der Waals surface area contributed by atoms with E-state index in [1.54, 1.807) is 18.3 Å². The molecule has 0 aliphatic carbocycles. The lowest BCUT2D eigenvalue weighted by atomic mass is 10.1. The van der Waals surface area contributed by atoms with Gasteiger partial charge < -0.3 is 14.8 Å². The predicted octanol–water partition coefficient (Wildman–Crippen LogP) is 2.96. The predicted molar refractivity (Wildman–Crippen MR) is 104 cm³/mol. The Balaban J connectivity index is 1.58. The number of hydrogen-bond donors (Lipinski definition) is 1. The second kappa shape index (κ2) is 9.48. The Labute approximate surface area is 160 Å². The molecule has 27 heavy (non-hydrogen) atoms. The fourth-order valence-electron chi connectivity index (χ4n) is 3.13. The molecule has 0 radical (unpaired) electrons. The molecule has 3 rings (SSSR count). The van der Waals surface area contributed by atoms with Crippen LogP contribution in [0.1, 0.15) is 24.2 Å². The molecule has 1 fully saturated rings. The minimum absolute atomic E-state index is 0.00314. The highest BCUT2D eigenvalue weighted by Crippen LogP contribution is 2.22. The van der Waals surface area contributed by atoms with E-state index in [1.807, 2.05) is 30.3 Å². The SMILES string of the molecule is CC(C)CN1CCOC(CNC(=O)c2cccnc2Oc2ccccc2)C1. The number of rotatable bonds is 7. The molecule has 1 aliphatic heterocycles. The fraction of sp³-hybridized carbons (Fsp3) is 0.429. The van der Waals surface area contributed by atoms with Gasteiger partial charge >= 0.3 is 0 Å². The third-order valence-corrected chi connectivity index (χ3v) is 4.31. The zero-order valence-corrected chi connectivity index (χ0v) is 15.9. The summed E-state index contributed by atoms with van der Waals surface area (Å²) in [6, 6.07) is 12.8. The van der Waals surface area contributed by atoms with Crippen molar-refractivity contribution in [3.63, 3.8) is 0 Å². The van der Waals surface area contributed by atoms with Crippen LogP contribution in [0.2, 0.25) is 0 Å². The molecule has 6 heteroatoms. The Kier molecular flexibility index (Phi) is 6.79. The van der Waals surface area contributed by atoms with Gasteiger partial charge in [0.25, 0.3) is 5.91 Å². The number of pyridine rings is 1. The van der Waals surface area contributed by atoms with Gasteiger partial charge in [-0.15, -0.1) is 0 Å². The van der Waals surface area contributed by atoms with Crippen LogP contribution in [-0.2, 0) is 4.74 Å². The number of nitrogens with one attached hydrogen (secondary N) is 1. The Hall–Kier alpha value is -2.44. The van der Waals surface area contributed by atoms with E-state index in [9.17, 15) is 4.79 Å². The first-order valence-electron chi connectivity index (χ1n) is 9.42. The second-order valence-corrected chi connectivity index (χ2v) is 7.13. The highest BCUT2D eigenvalue weighted by Gasteiger charge is 2.22. The second-order valence-electron chi connectivity index (χ2n) is 7.13. The average molecular weight is 369 g/mol. The van der Waals surface area contributed by atoms with Crippen molar-refractivity contribution in [2.45, 2.75) is 20.0 Å². The van der Waals surface area contributed by atoms with E-state index in [0.717, 1.165) is 19.6 Å². The third-order valence-electron chi connectivity index (χ3n) is 4.31. The summed E-state index contributed by atoms with van der Waals surface area (Å²) in [6.45, 7) is 8.41. The van der Waals surface area contributed by atoms with E-state index in [-0.39, 0.29) is 12.0 Å². The quantitative estimate of drug-likeness (QED) is 0.813. The average Bonchev–Trinajstić information content (AvgIpc) is 2.67. The maximum Gasteiger partial charge on any atom is 0.256 e. The van der Waals surface area contributed by atoms with Crippen LogP contribution < -0.4 is 10.1 Å². The summed E-state index contributed by atoms with van der Waals surface area (Å²) >= 11 is 0. The standard InChI is InChI=1S/C21H27N3O3/c1-16(2)14-24-11-12-26-18(15-24)13-23-20(25)19-9-6-10-22-21(19)27-17-7-4-3-5-8-17/h3-10,16,18H,11-15H2,1-2H3,(H,23,25). The fourth-order valence-corrected chi connectivity index (χ4v) is 3.13. The van der Waals surface area contributed by atoms with Gasteiger partial charge in [0.2, 0.25) is 5.88 Å². The van der Waals surface area contributed by atoms with E-state index < -0.39 is 0 Å². The van der Waals surface area contributed by atoms with Crippen LogP contribution in [0.4, 0.5) is 0 Å². The molecule has 0 saturated carbocycles. The molecule has 1 atom stereocenters. The summed E-state index contributed by atoms with van der Waals surface area (Å²) in [7, 11) is 0. The Morgan fingerprint density at radius 3 is 2.89 bits per heavy atom. The van der Waals surface area contributed by atoms with Gasteiger partial charge in [-0.1, -0.05) is 32.0 Å². The topological polar surface area (TPSA) is 63.7 Å². The summed E-state index contributed by atoms with van der Waals surface area (Å²) in [5, 5.41) is 2.96. The smallest absolute Gasteiger partial charge is 0.256 e. The molecule has 1 N–H and O–H groups in total. The number of nitrogens with zero attached hydrogens (tertiary/aromatic N) is 2. The van der Waals surface area contributed by atoms with E-state index in [4.69, 9.17) is 9.47 Å². The number of aromatic nitrogens is 1. The number of benzene rings is 1. The molecule has 1 aromatic carbocycles. The number of amides is 1. The summed E-state index contributed by atoms with van der Waals surface area (Å²) in [5.74, 6) is 1.35. The van der Waals surface area contributed by atoms with Crippen molar-refractivity contribution in [1.82, 2.24) is 15.2 Å². The molecule has 1 aliphatic rings. The van der Waals surface area contributed by atoms with Crippen molar-refractivity contribution < 1.29 is 14.3 Å². The number of carbonyl (C=O) groups is 1. The largest absolute Gasteiger partial charge is 0.438 e. The minimum atomic E-state index is -0.210. The van der Waals surface area contributed by atoms with Gasteiger partial charge in [0, 0.05) is 32.4 Å². The van der Waals surface area contributed by atoms with Gasteiger partial charge in [0.1, 0.15) is 11.3 Å². The van der Waals surface area contributed by atoms with Gasteiger partial charge in [-0.05, 0) is 30.2 Å². The Morgan fingerprint density at radius 2 is 2.11 bits per heavy atom. The zero-order chi connectivity index (χ0) is 19.1. The molecule has 0 spiro atoms. The molecule has 2 heterocycles. The van der Waals surface area contributed by atoms with Gasteiger partial charge in [-0.25, -0.2) is 4.98 Å². The van der Waals surface area contributed by atoms with E-state index in [1.165, 1.54) is 0 Å². The van der Waals surface area contributed by atoms with Crippen LogP contribution >= 0.6 is 0 Å². The first-order chi connectivity index (χ1) is 13.1. The monoisotopic (exact) mass is 369 g/mol. The van der Waals surface area contributed by atoms with Gasteiger partial charge in [0.05, 0.1) is 12.7 Å². The van der Waals surface area contributed by atoms with Crippen molar-refractivity contribution in [2.24, 2.45) is 5.92 Å². The molecule has 1 aromatic heterocycles. The van der Waals surface area contributed by atoms with E-state index in [2.05, 4.69) is 29.0 Å². The lowest BCUT2D eigenvalue weighted by Gasteiger charge is -2.33. The maximum atomic E-state index is 12.7. The number of carbonyl (C=O) groups excluding carboxylic acids is 1. The van der Waals surface area contributed by atoms with Crippen molar-refractivity contribution in [3.05, 3.63) is 54.2 Å². The van der Waals surface area contributed by atoms with Crippen LogP contribution in [-0.4, -0.2) is 54.7 Å². The minimum Gasteiger partial charge on any atom is -0.438 e. The Morgan fingerprint density at radius 1 is 1.30 bits per heavy atom. The number of ether oxygens (including phenoxy) is 2. The zero-order valence-electron chi connectivity index (χ0n) is 15.9. The molecule has 2 aromatic rings. The number of para-hydroxylation sites is 1. The highest BCUT2D eigenvalue weighted by atomic mass is 16.5. The normalized spacial score (nSPS) is 17.7. The van der Waals surface area contributed by atoms with Crippen LogP contribution in [0.25, 0.3) is 0 Å². The molecule has 0 bridgehead atoms. The highest BCUT2D eigenvalue weighted by molar-refractivity contribution is 5.96. The van der Waals surface area contributed by atoms with Crippen molar-refractivity contribution >= 4 is 5.91 Å². The molecule has 6 nitrogen and oxygen atoms in total. The van der Waals surface area contributed by atoms with Gasteiger partial charge in [-0.3, -0.25) is 9.69 Å². The van der Waals surface area contributed by atoms with E-state index in [0.29, 0.717) is 36.3 Å². The van der Waals surface area contributed by atoms with E-state index >= 15 is 0 Å². The Bertz CT molecular complexity index is 736. The van der Waals surface area contributed by atoms with Crippen LogP contribution in [0.5, 0.6) is 11.6 Å². The van der Waals surface area contributed by atoms with Crippen molar-refractivity contribution in [1.29, 1.82) is 0 Å². The first-order valence-corrected chi connectivity index (χ1v) is 9.42. The molecule has 1 amide bonds. The van der Waals surface area contributed by atoms with Crippen molar-refractivity contribution in [2.75, 3.05) is 32.8 Å². The molecular weight excluding hydrogens is 342 g/mol. The molecular formula is C21H27N3O3. The van der Waals surface area contributed by atoms with Gasteiger partial charge in [0.15, 0.2) is 0 Å². The summed E-state index contributed by atoms with van der Waals surface area (Å²) in [6.07, 6.45) is 1.61. The summed E-state index contributed by atoms with van der Waals surface area (Å²) in [5.41, 5.74) is 0.413. The lowest BCUT2D eigenvalue weighted by Crippen LogP contribution is -2.48.